The van der Waals surface area contributed by atoms with Crippen molar-refractivity contribution in [1.82, 2.24) is 5.32 Å². The summed E-state index contributed by atoms with van der Waals surface area (Å²) in [5.41, 5.74) is 1.69. The normalized spacial score (nSPS) is 12.3. The van der Waals surface area contributed by atoms with Crippen molar-refractivity contribution in [1.29, 1.82) is 0 Å². The van der Waals surface area contributed by atoms with E-state index < -0.39 is 15.8 Å². The monoisotopic (exact) mass is 496 g/mol. The molecule has 1 unspecified atom stereocenters. The van der Waals surface area contributed by atoms with Gasteiger partial charge in [0.1, 0.15) is 11.6 Å². The van der Waals surface area contributed by atoms with Gasteiger partial charge in [-0.2, -0.15) is 0 Å². The number of rotatable bonds is 9. The molecule has 182 valence electrons. The van der Waals surface area contributed by atoms with Crippen LogP contribution in [0.1, 0.15) is 31.2 Å². The Bertz CT molecular complexity index is 1430. The van der Waals surface area contributed by atoms with E-state index in [1.54, 1.807) is 24.3 Å². The Hall–Kier alpha value is -3.85. The van der Waals surface area contributed by atoms with Gasteiger partial charge < -0.3 is 14.5 Å². The summed E-state index contributed by atoms with van der Waals surface area (Å²) >= 11 is 0. The fraction of sp³-hybridized carbons (Fsp3) is 0.192. The van der Waals surface area contributed by atoms with E-state index >= 15 is 0 Å². The lowest BCUT2D eigenvalue weighted by molar-refractivity contribution is -0.121. The van der Waals surface area contributed by atoms with Crippen LogP contribution in [0.25, 0.3) is 11.0 Å². The molecule has 0 aliphatic carbocycles. The lowest BCUT2D eigenvalue weighted by Crippen LogP contribution is -2.27. The fourth-order valence-corrected chi connectivity index (χ4v) is 4.66. The van der Waals surface area contributed by atoms with E-state index in [1.807, 2.05) is 38.1 Å². The standard InChI is InChI=1S/C26H25FN2O5S/c1-3-33-23-6-4-5-19-16-24(34-26(19)23)17(2)28-25(30)15-18-7-11-21(12-8-18)29-35(31,32)22-13-9-20(27)10-14-22/h4-14,16-17,29H,3,15H2,1-2H3,(H,28,30). The largest absolute Gasteiger partial charge is 0.490 e. The molecule has 0 saturated heterocycles. The summed E-state index contributed by atoms with van der Waals surface area (Å²) in [5.74, 6) is 0.551. The maximum Gasteiger partial charge on any atom is 0.261 e. The number of para-hydroxylation sites is 1. The van der Waals surface area contributed by atoms with Crippen molar-refractivity contribution in [3.8, 4) is 5.75 Å². The van der Waals surface area contributed by atoms with Gasteiger partial charge in [-0.1, -0.05) is 24.3 Å². The van der Waals surface area contributed by atoms with Crippen molar-refractivity contribution < 1.29 is 26.8 Å². The van der Waals surface area contributed by atoms with E-state index in [0.717, 1.165) is 17.5 Å². The number of halogens is 1. The summed E-state index contributed by atoms with van der Waals surface area (Å²) in [7, 11) is -3.85. The Morgan fingerprint density at radius 3 is 2.46 bits per heavy atom. The molecular weight excluding hydrogens is 471 g/mol. The van der Waals surface area contributed by atoms with E-state index in [9.17, 15) is 17.6 Å². The third-order valence-electron chi connectivity index (χ3n) is 5.33. The van der Waals surface area contributed by atoms with Gasteiger partial charge in [0.2, 0.25) is 5.91 Å². The molecular formula is C26H25FN2O5S. The number of ether oxygens (including phenoxy) is 1. The number of carbonyl (C=O) groups is 1. The van der Waals surface area contributed by atoms with Gasteiger partial charge in [0.15, 0.2) is 11.3 Å². The smallest absolute Gasteiger partial charge is 0.261 e. The Morgan fingerprint density at radius 1 is 1.06 bits per heavy atom. The molecule has 0 radical (unpaired) electrons. The van der Waals surface area contributed by atoms with Crippen LogP contribution in [0, 0.1) is 5.82 Å². The number of carbonyl (C=O) groups excluding carboxylic acids is 1. The van der Waals surface area contributed by atoms with Gasteiger partial charge in [0, 0.05) is 11.1 Å². The molecule has 1 aromatic heterocycles. The number of anilines is 1. The quantitative estimate of drug-likeness (QED) is 0.332. The van der Waals surface area contributed by atoms with Crippen LogP contribution in [0.15, 0.2) is 82.1 Å². The van der Waals surface area contributed by atoms with E-state index in [0.29, 0.717) is 35.0 Å². The second-order valence-electron chi connectivity index (χ2n) is 7.98. The van der Waals surface area contributed by atoms with Crippen LogP contribution in [-0.4, -0.2) is 20.9 Å². The molecule has 0 aliphatic heterocycles. The predicted octanol–water partition coefficient (Wildman–Crippen LogP) is 5.19. The van der Waals surface area contributed by atoms with Crippen molar-refractivity contribution in [3.63, 3.8) is 0 Å². The van der Waals surface area contributed by atoms with Gasteiger partial charge in [-0.15, -0.1) is 0 Å². The van der Waals surface area contributed by atoms with Gasteiger partial charge in [0.25, 0.3) is 10.0 Å². The summed E-state index contributed by atoms with van der Waals surface area (Å²) in [6.45, 7) is 4.26. The topological polar surface area (TPSA) is 97.6 Å². The molecule has 9 heteroatoms. The zero-order valence-electron chi connectivity index (χ0n) is 19.2. The Morgan fingerprint density at radius 2 is 1.77 bits per heavy atom. The van der Waals surface area contributed by atoms with Crippen LogP contribution in [0.2, 0.25) is 0 Å². The minimum Gasteiger partial charge on any atom is -0.490 e. The summed E-state index contributed by atoms with van der Waals surface area (Å²) < 4.78 is 51.9. The zero-order chi connectivity index (χ0) is 25.0. The van der Waals surface area contributed by atoms with Crippen LogP contribution in [0.3, 0.4) is 0 Å². The highest BCUT2D eigenvalue weighted by molar-refractivity contribution is 7.92. The number of benzene rings is 3. The molecule has 1 atom stereocenters. The molecule has 0 saturated carbocycles. The van der Waals surface area contributed by atoms with Gasteiger partial charge in [-0.25, -0.2) is 12.8 Å². The molecule has 4 rings (SSSR count). The highest BCUT2D eigenvalue weighted by Crippen LogP contribution is 2.31. The molecule has 35 heavy (non-hydrogen) atoms. The Balaban J connectivity index is 1.37. The predicted molar refractivity (Wildman–Crippen MR) is 131 cm³/mol. The summed E-state index contributed by atoms with van der Waals surface area (Å²) in [4.78, 5) is 12.5. The Labute approximate surface area is 203 Å². The highest BCUT2D eigenvalue weighted by atomic mass is 32.2. The maximum atomic E-state index is 13.1. The van der Waals surface area contributed by atoms with Crippen LogP contribution in [-0.2, 0) is 21.2 Å². The van der Waals surface area contributed by atoms with Crippen molar-refractivity contribution in [2.75, 3.05) is 11.3 Å². The second kappa shape index (κ2) is 10.2. The number of sulfonamides is 1. The van der Waals surface area contributed by atoms with Crippen molar-refractivity contribution >= 4 is 32.6 Å². The van der Waals surface area contributed by atoms with Gasteiger partial charge in [-0.05, 0) is 67.9 Å². The number of fused-ring (bicyclic) bond motifs is 1. The summed E-state index contributed by atoms with van der Waals surface area (Å²) in [5, 5.41) is 3.81. The molecule has 0 fully saturated rings. The zero-order valence-corrected chi connectivity index (χ0v) is 20.1. The van der Waals surface area contributed by atoms with Crippen LogP contribution < -0.4 is 14.8 Å². The summed E-state index contributed by atoms with van der Waals surface area (Å²) in [6, 6.07) is 18.2. The summed E-state index contributed by atoms with van der Waals surface area (Å²) in [6.07, 6.45) is 0.111. The van der Waals surface area contributed by atoms with E-state index in [4.69, 9.17) is 9.15 Å². The molecule has 1 amide bonds. The van der Waals surface area contributed by atoms with Crippen molar-refractivity contribution in [3.05, 3.63) is 89.9 Å². The first-order chi connectivity index (χ1) is 16.7. The minimum atomic E-state index is -3.85. The third-order valence-corrected chi connectivity index (χ3v) is 6.72. The van der Waals surface area contributed by atoms with Crippen LogP contribution >= 0.6 is 0 Å². The van der Waals surface area contributed by atoms with Gasteiger partial charge in [-0.3, -0.25) is 9.52 Å². The van der Waals surface area contributed by atoms with Gasteiger partial charge in [0.05, 0.1) is 24.0 Å². The highest BCUT2D eigenvalue weighted by Gasteiger charge is 2.17. The average Bonchev–Trinajstić information content (AvgIpc) is 3.26. The number of nitrogens with one attached hydrogen (secondary N) is 2. The van der Waals surface area contributed by atoms with Gasteiger partial charge >= 0.3 is 0 Å². The lowest BCUT2D eigenvalue weighted by Gasteiger charge is -2.12. The fourth-order valence-electron chi connectivity index (χ4n) is 3.61. The average molecular weight is 497 g/mol. The van der Waals surface area contributed by atoms with E-state index in [1.165, 1.54) is 12.1 Å². The first kappa shape index (κ1) is 24.3. The van der Waals surface area contributed by atoms with Crippen LogP contribution in [0.4, 0.5) is 10.1 Å². The molecule has 0 spiro atoms. The SMILES string of the molecule is CCOc1cccc2cc(C(C)NC(=O)Cc3ccc(NS(=O)(=O)c4ccc(F)cc4)cc3)oc12. The molecule has 7 nitrogen and oxygen atoms in total. The number of hydrogen-bond donors (Lipinski definition) is 2. The molecule has 4 aromatic rings. The Kier molecular flexibility index (Phi) is 7.07. The number of hydrogen-bond acceptors (Lipinski definition) is 5. The molecule has 0 aliphatic rings. The van der Waals surface area contributed by atoms with E-state index in [-0.39, 0.29) is 23.3 Å². The van der Waals surface area contributed by atoms with Crippen molar-refractivity contribution in [2.24, 2.45) is 0 Å². The number of amides is 1. The first-order valence-corrected chi connectivity index (χ1v) is 12.6. The molecule has 0 bridgehead atoms. The molecule has 2 N–H and O–H groups in total. The third kappa shape index (κ3) is 5.81. The van der Waals surface area contributed by atoms with E-state index in [2.05, 4.69) is 10.0 Å². The maximum absolute atomic E-state index is 13.1. The lowest BCUT2D eigenvalue weighted by atomic mass is 10.1. The number of furan rings is 1. The van der Waals surface area contributed by atoms with Crippen molar-refractivity contribution in [2.45, 2.75) is 31.2 Å². The minimum absolute atomic E-state index is 0.0460. The van der Waals surface area contributed by atoms with Crippen LogP contribution in [0.5, 0.6) is 5.75 Å². The molecule has 3 aromatic carbocycles. The second-order valence-corrected chi connectivity index (χ2v) is 9.66. The first-order valence-electron chi connectivity index (χ1n) is 11.1. The molecule has 1 heterocycles.